The van der Waals surface area contributed by atoms with Crippen LogP contribution in [0.2, 0.25) is 0 Å². The van der Waals surface area contributed by atoms with Crippen LogP contribution in [0.5, 0.6) is 0 Å². The van der Waals surface area contributed by atoms with Gasteiger partial charge in [-0.2, -0.15) is 5.26 Å². The van der Waals surface area contributed by atoms with Gasteiger partial charge >= 0.3 is 0 Å². The van der Waals surface area contributed by atoms with Crippen LogP contribution in [-0.4, -0.2) is 20.0 Å². The molecular formula is C15H17N3O. The Morgan fingerprint density at radius 3 is 2.79 bits per heavy atom. The van der Waals surface area contributed by atoms with Gasteiger partial charge in [-0.3, -0.25) is 4.79 Å². The highest BCUT2D eigenvalue weighted by Gasteiger charge is 2.50. The Balaban J connectivity index is 1.98. The van der Waals surface area contributed by atoms with Crippen molar-refractivity contribution >= 4 is 11.6 Å². The maximum absolute atomic E-state index is 11.7. The summed E-state index contributed by atoms with van der Waals surface area (Å²) < 4.78 is 0. The van der Waals surface area contributed by atoms with Crippen LogP contribution in [-0.2, 0) is 11.2 Å². The van der Waals surface area contributed by atoms with Gasteiger partial charge in [-0.05, 0) is 37.1 Å². The SMILES string of the molecule is CNC(c1ccc2c(c1)CC(=O)N2C)C1(C#N)CC1. The number of carbonyl (C=O) groups excluding carboxylic acids is 1. The lowest BCUT2D eigenvalue weighted by molar-refractivity contribution is -0.117. The largest absolute Gasteiger partial charge is 0.315 e. The molecule has 0 saturated heterocycles. The molecule has 1 heterocycles. The highest BCUT2D eigenvalue weighted by molar-refractivity contribution is 6.00. The van der Waals surface area contributed by atoms with E-state index in [-0.39, 0.29) is 17.4 Å². The van der Waals surface area contributed by atoms with Gasteiger partial charge in [0.25, 0.3) is 0 Å². The number of nitrogens with one attached hydrogen (secondary N) is 1. The molecule has 0 spiro atoms. The highest BCUT2D eigenvalue weighted by Crippen LogP contribution is 2.54. The van der Waals surface area contributed by atoms with Crippen molar-refractivity contribution in [3.05, 3.63) is 29.3 Å². The number of likely N-dealkylation sites (N-methyl/N-ethyl adjacent to an activating group) is 1. The van der Waals surface area contributed by atoms with Gasteiger partial charge in [0.1, 0.15) is 0 Å². The number of amides is 1. The highest BCUT2D eigenvalue weighted by atomic mass is 16.2. The molecule has 4 heteroatoms. The molecule has 2 aliphatic rings. The van der Waals surface area contributed by atoms with Gasteiger partial charge in [-0.15, -0.1) is 0 Å². The minimum absolute atomic E-state index is 0.0591. The van der Waals surface area contributed by atoms with Gasteiger partial charge in [0.05, 0.1) is 23.9 Å². The van der Waals surface area contributed by atoms with E-state index >= 15 is 0 Å². The number of nitriles is 1. The topological polar surface area (TPSA) is 56.1 Å². The molecule has 1 aromatic carbocycles. The van der Waals surface area contributed by atoms with E-state index in [0.717, 1.165) is 29.7 Å². The van der Waals surface area contributed by atoms with Gasteiger partial charge in [0.15, 0.2) is 0 Å². The van der Waals surface area contributed by atoms with Gasteiger partial charge in [-0.25, -0.2) is 0 Å². The molecule has 1 fully saturated rings. The first-order valence-corrected chi connectivity index (χ1v) is 6.59. The van der Waals surface area contributed by atoms with E-state index < -0.39 is 0 Å². The lowest BCUT2D eigenvalue weighted by Gasteiger charge is -2.22. The van der Waals surface area contributed by atoms with E-state index in [1.165, 1.54) is 0 Å². The van der Waals surface area contributed by atoms with Crippen molar-refractivity contribution in [3.8, 4) is 6.07 Å². The summed E-state index contributed by atoms with van der Waals surface area (Å²) >= 11 is 0. The lowest BCUT2D eigenvalue weighted by Crippen LogP contribution is -2.25. The summed E-state index contributed by atoms with van der Waals surface area (Å²) in [5.74, 6) is 0.134. The zero-order valence-corrected chi connectivity index (χ0v) is 11.2. The maximum atomic E-state index is 11.7. The Morgan fingerprint density at radius 2 is 2.21 bits per heavy atom. The standard InChI is InChI=1S/C15H17N3O/c1-17-14(15(9-16)5-6-15)10-3-4-12-11(7-10)8-13(19)18(12)2/h3-4,7,14,17H,5-6,8H2,1-2H3. The molecule has 1 aromatic rings. The quantitative estimate of drug-likeness (QED) is 0.895. The molecule has 0 aromatic heterocycles. The van der Waals surface area contributed by atoms with E-state index in [1.807, 2.05) is 19.2 Å². The van der Waals surface area contributed by atoms with E-state index in [1.54, 1.807) is 11.9 Å². The maximum Gasteiger partial charge on any atom is 0.231 e. The molecule has 1 aliphatic heterocycles. The summed E-state index contributed by atoms with van der Waals surface area (Å²) in [7, 11) is 3.70. The first kappa shape index (κ1) is 12.2. The number of hydrogen-bond donors (Lipinski definition) is 1. The second-order valence-corrected chi connectivity index (χ2v) is 5.51. The summed E-state index contributed by atoms with van der Waals surface area (Å²) in [5.41, 5.74) is 2.92. The van der Waals surface area contributed by atoms with Gasteiger partial charge in [-0.1, -0.05) is 12.1 Å². The first-order chi connectivity index (χ1) is 9.11. The molecular weight excluding hydrogens is 238 g/mol. The van der Waals surface area contributed by atoms with Crippen molar-refractivity contribution in [2.24, 2.45) is 5.41 Å². The second-order valence-electron chi connectivity index (χ2n) is 5.51. The Labute approximate surface area is 113 Å². The minimum atomic E-state index is -0.252. The van der Waals surface area contributed by atoms with Crippen molar-refractivity contribution in [2.45, 2.75) is 25.3 Å². The van der Waals surface area contributed by atoms with Crippen molar-refractivity contribution in [1.82, 2.24) is 5.32 Å². The minimum Gasteiger partial charge on any atom is -0.315 e. The van der Waals surface area contributed by atoms with Crippen LogP contribution in [0.25, 0.3) is 0 Å². The van der Waals surface area contributed by atoms with Crippen LogP contribution >= 0.6 is 0 Å². The molecule has 1 saturated carbocycles. The fourth-order valence-electron chi connectivity index (χ4n) is 3.03. The molecule has 19 heavy (non-hydrogen) atoms. The zero-order chi connectivity index (χ0) is 13.6. The molecule has 1 aliphatic carbocycles. The molecule has 4 nitrogen and oxygen atoms in total. The summed E-state index contributed by atoms with van der Waals surface area (Å²) in [5, 5.41) is 12.6. The Hall–Kier alpha value is -1.86. The number of benzene rings is 1. The number of carbonyl (C=O) groups is 1. The van der Waals surface area contributed by atoms with E-state index in [2.05, 4.69) is 17.5 Å². The average molecular weight is 255 g/mol. The third-order valence-electron chi connectivity index (χ3n) is 4.37. The first-order valence-electron chi connectivity index (χ1n) is 6.59. The summed E-state index contributed by atoms with van der Waals surface area (Å²) in [6.07, 6.45) is 2.37. The molecule has 0 radical (unpaired) electrons. The van der Waals surface area contributed by atoms with Crippen molar-refractivity contribution < 1.29 is 4.79 Å². The van der Waals surface area contributed by atoms with Crippen LogP contribution in [0.3, 0.4) is 0 Å². The molecule has 1 amide bonds. The van der Waals surface area contributed by atoms with Gasteiger partial charge < -0.3 is 10.2 Å². The summed E-state index contributed by atoms with van der Waals surface area (Å²) in [4.78, 5) is 13.4. The van der Waals surface area contributed by atoms with E-state index in [4.69, 9.17) is 0 Å². The summed E-state index contributed by atoms with van der Waals surface area (Å²) in [6.45, 7) is 0. The molecule has 1 unspecified atom stereocenters. The molecule has 1 atom stereocenters. The van der Waals surface area contributed by atoms with Crippen molar-refractivity contribution in [2.75, 3.05) is 19.0 Å². The number of rotatable bonds is 3. The fourth-order valence-corrected chi connectivity index (χ4v) is 3.03. The molecule has 0 bridgehead atoms. The number of hydrogen-bond acceptors (Lipinski definition) is 3. The second kappa shape index (κ2) is 4.07. The van der Waals surface area contributed by atoms with E-state index in [0.29, 0.717) is 6.42 Å². The Morgan fingerprint density at radius 1 is 1.47 bits per heavy atom. The van der Waals surface area contributed by atoms with E-state index in [9.17, 15) is 10.1 Å². The van der Waals surface area contributed by atoms with Crippen LogP contribution in [0.15, 0.2) is 18.2 Å². The van der Waals surface area contributed by atoms with Crippen LogP contribution in [0, 0.1) is 16.7 Å². The number of nitrogens with zero attached hydrogens (tertiary/aromatic N) is 2. The van der Waals surface area contributed by atoms with Gasteiger partial charge in [0, 0.05) is 12.7 Å². The molecule has 98 valence electrons. The Bertz CT molecular complexity index is 584. The fraction of sp³-hybridized carbons (Fsp3) is 0.467. The monoisotopic (exact) mass is 255 g/mol. The third-order valence-corrected chi connectivity index (χ3v) is 4.37. The average Bonchev–Trinajstić information content (AvgIpc) is 3.14. The zero-order valence-electron chi connectivity index (χ0n) is 11.2. The van der Waals surface area contributed by atoms with Gasteiger partial charge in [0.2, 0.25) is 5.91 Å². The lowest BCUT2D eigenvalue weighted by atomic mass is 9.90. The number of anilines is 1. The predicted molar refractivity (Wildman–Crippen MR) is 72.6 cm³/mol. The van der Waals surface area contributed by atoms with Crippen molar-refractivity contribution in [1.29, 1.82) is 5.26 Å². The number of fused-ring (bicyclic) bond motifs is 1. The molecule has 1 N–H and O–H groups in total. The molecule has 3 rings (SSSR count). The normalized spacial score (nSPS) is 20.9. The Kier molecular flexibility index (Phi) is 2.61. The van der Waals surface area contributed by atoms with Crippen LogP contribution < -0.4 is 10.2 Å². The van der Waals surface area contributed by atoms with Crippen molar-refractivity contribution in [3.63, 3.8) is 0 Å². The summed E-state index contributed by atoms with van der Waals surface area (Å²) in [6, 6.07) is 8.61. The smallest absolute Gasteiger partial charge is 0.231 e. The predicted octanol–water partition coefficient (Wildman–Crippen LogP) is 1.77. The van der Waals surface area contributed by atoms with Crippen LogP contribution in [0.4, 0.5) is 5.69 Å². The third kappa shape index (κ3) is 1.73. The van der Waals surface area contributed by atoms with Crippen LogP contribution in [0.1, 0.15) is 30.0 Å².